The van der Waals surface area contributed by atoms with E-state index in [0.717, 1.165) is 32.4 Å². The summed E-state index contributed by atoms with van der Waals surface area (Å²) in [5.41, 5.74) is -0.432. The molecule has 0 aromatic carbocycles. The van der Waals surface area contributed by atoms with E-state index in [2.05, 4.69) is 29.8 Å². The highest BCUT2D eigenvalue weighted by atomic mass is 32.1. The molecule has 0 spiro atoms. The van der Waals surface area contributed by atoms with E-state index in [1.165, 1.54) is 11.3 Å². The standard InChI is InChI=1S/C18H30N2O2S/c1-14(12-16-9-7-11-23-16)19-13-15-8-5-6-10-20(15)17(21)22-18(2,3)4/h7,9,11,14-15,19H,5-6,8,10,12-13H2,1-4H3. The Hall–Kier alpha value is -1.07. The summed E-state index contributed by atoms with van der Waals surface area (Å²) in [5, 5.41) is 5.71. The van der Waals surface area contributed by atoms with Crippen molar-refractivity contribution in [2.45, 2.75) is 71.1 Å². The zero-order valence-corrected chi connectivity index (χ0v) is 15.6. The number of nitrogens with one attached hydrogen (secondary N) is 1. The molecule has 1 saturated heterocycles. The number of likely N-dealkylation sites (tertiary alicyclic amines) is 1. The zero-order chi connectivity index (χ0) is 16.9. The van der Waals surface area contributed by atoms with Gasteiger partial charge in [0, 0.05) is 30.1 Å². The molecule has 2 unspecified atom stereocenters. The van der Waals surface area contributed by atoms with Gasteiger partial charge in [-0.3, -0.25) is 0 Å². The highest BCUT2D eigenvalue weighted by molar-refractivity contribution is 7.09. The average Bonchev–Trinajstić information content (AvgIpc) is 2.96. The maximum atomic E-state index is 12.4. The Balaban J connectivity index is 1.84. The van der Waals surface area contributed by atoms with E-state index in [-0.39, 0.29) is 12.1 Å². The predicted octanol–water partition coefficient (Wildman–Crippen LogP) is 4.06. The summed E-state index contributed by atoms with van der Waals surface area (Å²) < 4.78 is 5.56. The molecule has 0 aliphatic carbocycles. The van der Waals surface area contributed by atoms with E-state index in [9.17, 15) is 4.79 Å². The fourth-order valence-electron chi connectivity index (χ4n) is 2.91. The number of thiophene rings is 1. The minimum Gasteiger partial charge on any atom is -0.444 e. The maximum absolute atomic E-state index is 12.4. The van der Waals surface area contributed by atoms with Crippen molar-refractivity contribution in [2.75, 3.05) is 13.1 Å². The Labute approximate surface area is 144 Å². The summed E-state index contributed by atoms with van der Waals surface area (Å²) in [4.78, 5) is 15.7. The summed E-state index contributed by atoms with van der Waals surface area (Å²) in [7, 11) is 0. The normalized spacial score (nSPS) is 20.3. The van der Waals surface area contributed by atoms with E-state index in [0.29, 0.717) is 6.04 Å². The van der Waals surface area contributed by atoms with E-state index < -0.39 is 5.60 Å². The van der Waals surface area contributed by atoms with Crippen molar-refractivity contribution in [1.82, 2.24) is 10.2 Å². The van der Waals surface area contributed by atoms with Crippen molar-refractivity contribution in [3.8, 4) is 0 Å². The van der Waals surface area contributed by atoms with Crippen LogP contribution in [0, 0.1) is 0 Å². The molecule has 1 aliphatic heterocycles. The average molecular weight is 339 g/mol. The molecule has 2 atom stereocenters. The molecule has 0 radical (unpaired) electrons. The van der Waals surface area contributed by atoms with Gasteiger partial charge in [-0.15, -0.1) is 11.3 Å². The number of carbonyl (C=O) groups excluding carboxylic acids is 1. The second-order valence-corrected chi connectivity index (χ2v) is 8.45. The van der Waals surface area contributed by atoms with Gasteiger partial charge in [0.05, 0.1) is 0 Å². The summed E-state index contributed by atoms with van der Waals surface area (Å²) in [6, 6.07) is 4.93. The van der Waals surface area contributed by atoms with Crippen molar-refractivity contribution in [3.05, 3.63) is 22.4 Å². The van der Waals surface area contributed by atoms with E-state index in [4.69, 9.17) is 4.74 Å². The van der Waals surface area contributed by atoms with Crippen LogP contribution in [0.2, 0.25) is 0 Å². The monoisotopic (exact) mass is 338 g/mol. The van der Waals surface area contributed by atoms with Crippen LogP contribution in [0.5, 0.6) is 0 Å². The Bertz CT molecular complexity index is 482. The van der Waals surface area contributed by atoms with Gasteiger partial charge in [0.15, 0.2) is 0 Å². The minimum absolute atomic E-state index is 0.171. The van der Waals surface area contributed by atoms with Crippen molar-refractivity contribution in [3.63, 3.8) is 0 Å². The number of carbonyl (C=O) groups is 1. The van der Waals surface area contributed by atoms with E-state index in [1.807, 2.05) is 25.7 Å². The fraction of sp³-hybridized carbons (Fsp3) is 0.722. The number of amides is 1. The lowest BCUT2D eigenvalue weighted by molar-refractivity contribution is 0.00970. The van der Waals surface area contributed by atoms with E-state index in [1.54, 1.807) is 11.3 Å². The van der Waals surface area contributed by atoms with Crippen molar-refractivity contribution in [2.24, 2.45) is 0 Å². The topological polar surface area (TPSA) is 41.6 Å². The molecule has 2 rings (SSSR count). The second kappa shape index (κ2) is 8.15. The molecule has 1 aromatic rings. The molecule has 1 N–H and O–H groups in total. The molecule has 1 aromatic heterocycles. The van der Waals surface area contributed by atoms with Crippen LogP contribution in [0.1, 0.15) is 51.8 Å². The summed E-state index contributed by atoms with van der Waals surface area (Å²) in [5.74, 6) is 0. The van der Waals surface area contributed by atoms with Crippen LogP contribution in [0.3, 0.4) is 0 Å². The molecule has 2 heterocycles. The molecule has 0 saturated carbocycles. The third-order valence-electron chi connectivity index (χ3n) is 4.04. The highest BCUT2D eigenvalue weighted by Crippen LogP contribution is 2.20. The first-order valence-corrected chi connectivity index (χ1v) is 9.48. The predicted molar refractivity (Wildman–Crippen MR) is 96.1 cm³/mol. The first-order valence-electron chi connectivity index (χ1n) is 8.60. The Morgan fingerprint density at radius 1 is 1.48 bits per heavy atom. The van der Waals surface area contributed by atoms with Crippen molar-refractivity contribution < 1.29 is 9.53 Å². The first-order chi connectivity index (χ1) is 10.8. The quantitative estimate of drug-likeness (QED) is 0.880. The maximum Gasteiger partial charge on any atom is 0.410 e. The lowest BCUT2D eigenvalue weighted by Gasteiger charge is -2.37. The number of rotatable bonds is 5. The summed E-state index contributed by atoms with van der Waals surface area (Å²) in [6.07, 6.45) is 4.18. The van der Waals surface area contributed by atoms with Crippen LogP contribution in [0.25, 0.3) is 0 Å². The Morgan fingerprint density at radius 2 is 2.26 bits per heavy atom. The van der Waals surface area contributed by atoms with Gasteiger partial charge in [0.1, 0.15) is 5.60 Å². The van der Waals surface area contributed by atoms with Gasteiger partial charge >= 0.3 is 6.09 Å². The van der Waals surface area contributed by atoms with Crippen LogP contribution < -0.4 is 5.32 Å². The van der Waals surface area contributed by atoms with Gasteiger partial charge in [0.2, 0.25) is 0 Å². The first kappa shape index (κ1) is 18.3. The van der Waals surface area contributed by atoms with Crippen LogP contribution in [0.4, 0.5) is 4.79 Å². The third-order valence-corrected chi connectivity index (χ3v) is 4.94. The Kier molecular flexibility index (Phi) is 6.48. The van der Waals surface area contributed by atoms with Gasteiger partial charge in [0.25, 0.3) is 0 Å². The molecule has 1 fully saturated rings. The van der Waals surface area contributed by atoms with Gasteiger partial charge in [-0.2, -0.15) is 0 Å². The second-order valence-electron chi connectivity index (χ2n) is 7.42. The van der Waals surface area contributed by atoms with Gasteiger partial charge < -0.3 is 15.0 Å². The SMILES string of the molecule is CC(Cc1cccs1)NCC1CCCCN1C(=O)OC(C)(C)C. The number of nitrogens with zero attached hydrogens (tertiary/aromatic N) is 1. The lowest BCUT2D eigenvalue weighted by atomic mass is 10.0. The molecule has 4 nitrogen and oxygen atoms in total. The van der Waals surface area contributed by atoms with Crippen molar-refractivity contribution in [1.29, 1.82) is 0 Å². The molecule has 1 amide bonds. The molecule has 23 heavy (non-hydrogen) atoms. The van der Waals surface area contributed by atoms with Gasteiger partial charge in [-0.1, -0.05) is 6.07 Å². The molecule has 0 bridgehead atoms. The lowest BCUT2D eigenvalue weighted by Crippen LogP contribution is -2.51. The molecular formula is C18H30N2O2S. The molecular weight excluding hydrogens is 308 g/mol. The number of ether oxygens (including phenoxy) is 1. The van der Waals surface area contributed by atoms with Crippen LogP contribution >= 0.6 is 11.3 Å². The van der Waals surface area contributed by atoms with Crippen LogP contribution in [-0.4, -0.2) is 41.8 Å². The molecule has 1 aliphatic rings. The Morgan fingerprint density at radius 3 is 2.91 bits per heavy atom. The highest BCUT2D eigenvalue weighted by Gasteiger charge is 2.30. The van der Waals surface area contributed by atoms with Crippen molar-refractivity contribution >= 4 is 17.4 Å². The largest absolute Gasteiger partial charge is 0.444 e. The summed E-state index contributed by atoms with van der Waals surface area (Å²) in [6.45, 7) is 9.62. The number of hydrogen-bond donors (Lipinski definition) is 1. The number of hydrogen-bond acceptors (Lipinski definition) is 4. The molecule has 5 heteroatoms. The number of piperidine rings is 1. The van der Waals surface area contributed by atoms with E-state index >= 15 is 0 Å². The van der Waals surface area contributed by atoms with Gasteiger partial charge in [-0.25, -0.2) is 4.79 Å². The summed E-state index contributed by atoms with van der Waals surface area (Å²) >= 11 is 1.80. The van der Waals surface area contributed by atoms with Crippen LogP contribution in [-0.2, 0) is 11.2 Å². The van der Waals surface area contributed by atoms with Crippen LogP contribution in [0.15, 0.2) is 17.5 Å². The fourth-order valence-corrected chi connectivity index (χ4v) is 3.75. The minimum atomic E-state index is -0.432. The third kappa shape index (κ3) is 6.15. The smallest absolute Gasteiger partial charge is 0.410 e. The zero-order valence-electron chi connectivity index (χ0n) is 14.8. The van der Waals surface area contributed by atoms with Gasteiger partial charge in [-0.05, 0) is 64.8 Å². The molecule has 130 valence electrons.